The van der Waals surface area contributed by atoms with E-state index in [1.807, 2.05) is 42.5 Å². The number of hydrogen-bond acceptors (Lipinski definition) is 4. The summed E-state index contributed by atoms with van der Waals surface area (Å²) in [4.78, 5) is 43.8. The highest BCUT2D eigenvalue weighted by atomic mass is 19.4. The van der Waals surface area contributed by atoms with Crippen LogP contribution in [0.4, 0.5) is 13.2 Å². The molecule has 0 spiro atoms. The summed E-state index contributed by atoms with van der Waals surface area (Å²) >= 11 is 0. The molecule has 0 saturated heterocycles. The van der Waals surface area contributed by atoms with Gasteiger partial charge in [0.25, 0.3) is 0 Å². The normalized spacial score (nSPS) is 12.8. The van der Waals surface area contributed by atoms with Gasteiger partial charge in [-0.25, -0.2) is 4.79 Å². The summed E-state index contributed by atoms with van der Waals surface area (Å²) < 4.78 is 31.7. The molecule has 0 heterocycles. The number of benzene rings is 2. The minimum atomic E-state index is -5.08. The number of amides is 3. The highest BCUT2D eigenvalue weighted by molar-refractivity contribution is 5.88. The van der Waals surface area contributed by atoms with Gasteiger partial charge in [-0.05, 0) is 22.8 Å². The maximum atomic E-state index is 12.4. The van der Waals surface area contributed by atoms with Gasteiger partial charge in [0, 0.05) is 24.8 Å². The molecule has 0 saturated carbocycles. The third-order valence-electron chi connectivity index (χ3n) is 4.66. The van der Waals surface area contributed by atoms with Crippen LogP contribution in [0, 0.1) is 11.8 Å². The van der Waals surface area contributed by atoms with Crippen molar-refractivity contribution in [2.24, 2.45) is 23.3 Å². The molecule has 0 aromatic heterocycles. The molecule has 2 aromatic carbocycles. The SMILES string of the molecule is C[C@H](C(=O)NCc1cccc2ccccc12)C(CCC(N)=O)C(N)=O.O=C(O)C(F)(F)F. The first-order valence-corrected chi connectivity index (χ1v) is 9.46. The number of primary amides is 2. The van der Waals surface area contributed by atoms with E-state index in [9.17, 15) is 27.6 Å². The largest absolute Gasteiger partial charge is 0.490 e. The van der Waals surface area contributed by atoms with Gasteiger partial charge in [-0.3, -0.25) is 14.4 Å². The molecular weight excluding hydrogens is 431 g/mol. The number of nitrogens with one attached hydrogen (secondary N) is 1. The number of alkyl halides is 3. The Morgan fingerprint density at radius 1 is 1.03 bits per heavy atom. The first-order valence-electron chi connectivity index (χ1n) is 9.46. The molecule has 174 valence electrons. The Kier molecular flexibility index (Phi) is 9.64. The van der Waals surface area contributed by atoms with Crippen LogP contribution in [0.15, 0.2) is 42.5 Å². The van der Waals surface area contributed by atoms with Gasteiger partial charge >= 0.3 is 12.1 Å². The lowest BCUT2D eigenvalue weighted by molar-refractivity contribution is -0.192. The van der Waals surface area contributed by atoms with Gasteiger partial charge in [0.15, 0.2) is 0 Å². The van der Waals surface area contributed by atoms with E-state index in [-0.39, 0.29) is 18.7 Å². The van der Waals surface area contributed by atoms with Crippen molar-refractivity contribution in [1.82, 2.24) is 5.32 Å². The second-order valence-corrected chi connectivity index (χ2v) is 6.96. The number of carboxylic acids is 1. The van der Waals surface area contributed by atoms with Crippen LogP contribution in [0.1, 0.15) is 25.3 Å². The molecule has 0 aliphatic rings. The Labute approximate surface area is 181 Å². The van der Waals surface area contributed by atoms with Gasteiger partial charge in [0.05, 0.1) is 0 Å². The fourth-order valence-corrected chi connectivity index (χ4v) is 2.91. The maximum Gasteiger partial charge on any atom is 0.490 e. The fourth-order valence-electron chi connectivity index (χ4n) is 2.91. The second kappa shape index (κ2) is 11.7. The Morgan fingerprint density at radius 3 is 2.12 bits per heavy atom. The van der Waals surface area contributed by atoms with Gasteiger partial charge in [0.1, 0.15) is 0 Å². The summed E-state index contributed by atoms with van der Waals surface area (Å²) in [6, 6.07) is 13.8. The monoisotopic (exact) mass is 455 g/mol. The number of halogens is 3. The minimum Gasteiger partial charge on any atom is -0.475 e. The van der Waals surface area contributed by atoms with Crippen molar-refractivity contribution in [1.29, 1.82) is 0 Å². The first kappa shape index (κ1) is 26.4. The average Bonchev–Trinajstić information content (AvgIpc) is 2.71. The highest BCUT2D eigenvalue weighted by Gasteiger charge is 2.38. The molecule has 6 N–H and O–H groups in total. The van der Waals surface area contributed by atoms with E-state index in [4.69, 9.17) is 21.4 Å². The summed E-state index contributed by atoms with van der Waals surface area (Å²) in [6.45, 7) is 1.99. The third kappa shape index (κ3) is 8.25. The van der Waals surface area contributed by atoms with Crippen LogP contribution < -0.4 is 16.8 Å². The number of hydrogen-bond donors (Lipinski definition) is 4. The number of rotatable bonds is 8. The quantitative estimate of drug-likeness (QED) is 0.480. The van der Waals surface area contributed by atoms with Crippen LogP contribution in [0.3, 0.4) is 0 Å². The van der Waals surface area contributed by atoms with E-state index in [0.717, 1.165) is 16.3 Å². The number of aliphatic carboxylic acids is 1. The summed E-state index contributed by atoms with van der Waals surface area (Å²) in [7, 11) is 0. The van der Waals surface area contributed by atoms with E-state index >= 15 is 0 Å². The Morgan fingerprint density at radius 2 is 1.59 bits per heavy atom. The molecule has 0 bridgehead atoms. The van der Waals surface area contributed by atoms with Crippen LogP contribution >= 0.6 is 0 Å². The second-order valence-electron chi connectivity index (χ2n) is 6.96. The molecule has 0 aliphatic carbocycles. The zero-order chi connectivity index (χ0) is 24.5. The molecule has 11 heteroatoms. The fraction of sp³-hybridized carbons (Fsp3) is 0.333. The topological polar surface area (TPSA) is 153 Å². The number of carbonyl (C=O) groups excluding carboxylic acids is 3. The molecule has 2 atom stereocenters. The molecule has 1 unspecified atom stereocenters. The van der Waals surface area contributed by atoms with Gasteiger partial charge < -0.3 is 21.9 Å². The highest BCUT2D eigenvalue weighted by Crippen LogP contribution is 2.20. The first-order chi connectivity index (χ1) is 14.8. The number of carboxylic acid groups (broad SMARTS) is 1. The lowest BCUT2D eigenvalue weighted by atomic mass is 9.88. The molecule has 8 nitrogen and oxygen atoms in total. The van der Waals surface area contributed by atoms with Gasteiger partial charge in [0.2, 0.25) is 17.7 Å². The maximum absolute atomic E-state index is 12.4. The van der Waals surface area contributed by atoms with Crippen molar-refractivity contribution in [3.8, 4) is 0 Å². The van der Waals surface area contributed by atoms with Crippen molar-refractivity contribution < 1.29 is 37.5 Å². The number of carbonyl (C=O) groups is 4. The summed E-state index contributed by atoms with van der Waals surface area (Å²) in [5.74, 6) is -5.51. The Balaban J connectivity index is 0.000000633. The van der Waals surface area contributed by atoms with E-state index in [1.165, 1.54) is 0 Å². The molecular formula is C21H24F3N3O5. The Bertz CT molecular complexity index is 973. The predicted octanol–water partition coefficient (Wildman–Crippen LogP) is 2.09. The van der Waals surface area contributed by atoms with Crippen LogP contribution in [0.5, 0.6) is 0 Å². The molecule has 0 aliphatic heterocycles. The number of fused-ring (bicyclic) bond motifs is 1. The average molecular weight is 455 g/mol. The summed E-state index contributed by atoms with van der Waals surface area (Å²) in [6.07, 6.45) is -4.89. The van der Waals surface area contributed by atoms with Crippen molar-refractivity contribution in [3.05, 3.63) is 48.0 Å². The molecule has 2 rings (SSSR count). The molecule has 32 heavy (non-hydrogen) atoms. The van der Waals surface area contributed by atoms with E-state index in [2.05, 4.69) is 5.32 Å². The van der Waals surface area contributed by atoms with Crippen molar-refractivity contribution in [2.45, 2.75) is 32.5 Å². The van der Waals surface area contributed by atoms with Gasteiger partial charge in [-0.1, -0.05) is 49.4 Å². The van der Waals surface area contributed by atoms with E-state index in [1.54, 1.807) is 6.92 Å². The minimum absolute atomic E-state index is 0.0224. The zero-order valence-electron chi connectivity index (χ0n) is 17.2. The zero-order valence-corrected chi connectivity index (χ0v) is 17.2. The van der Waals surface area contributed by atoms with Crippen molar-refractivity contribution in [3.63, 3.8) is 0 Å². The summed E-state index contributed by atoms with van der Waals surface area (Å²) in [5.41, 5.74) is 11.5. The standard InChI is InChI=1S/C19H23N3O3.C2HF3O2/c1-12(15(18(21)24)9-10-17(20)23)19(25)22-11-14-7-4-6-13-5-2-3-8-16(13)14;3-2(4,5)1(6)7/h2-8,12,15H,9-11H2,1H3,(H2,20,23)(H2,21,24)(H,22,25);(H,6,7)/t12-,15?;/m0./s1. The van der Waals surface area contributed by atoms with Crippen LogP contribution in [0.25, 0.3) is 10.8 Å². The smallest absolute Gasteiger partial charge is 0.475 e. The molecule has 3 amide bonds. The molecule has 2 aromatic rings. The van der Waals surface area contributed by atoms with Gasteiger partial charge in [-0.15, -0.1) is 0 Å². The molecule has 0 radical (unpaired) electrons. The van der Waals surface area contributed by atoms with Crippen LogP contribution in [0.2, 0.25) is 0 Å². The predicted molar refractivity (Wildman–Crippen MR) is 110 cm³/mol. The Hall–Kier alpha value is -3.63. The van der Waals surface area contributed by atoms with Crippen molar-refractivity contribution in [2.75, 3.05) is 0 Å². The third-order valence-corrected chi connectivity index (χ3v) is 4.66. The number of nitrogens with two attached hydrogens (primary N) is 2. The lowest BCUT2D eigenvalue weighted by Gasteiger charge is -2.20. The van der Waals surface area contributed by atoms with Crippen molar-refractivity contribution >= 4 is 34.5 Å². The van der Waals surface area contributed by atoms with Gasteiger partial charge in [-0.2, -0.15) is 13.2 Å². The van der Waals surface area contributed by atoms with Crippen LogP contribution in [-0.2, 0) is 25.7 Å². The van der Waals surface area contributed by atoms with Crippen LogP contribution in [-0.4, -0.2) is 35.0 Å². The summed E-state index contributed by atoms with van der Waals surface area (Å²) in [5, 5.41) is 12.1. The van der Waals surface area contributed by atoms with E-state index in [0.29, 0.717) is 6.54 Å². The van der Waals surface area contributed by atoms with E-state index < -0.39 is 35.8 Å². The lowest BCUT2D eigenvalue weighted by Crippen LogP contribution is -2.39. The molecule has 0 fully saturated rings.